The lowest BCUT2D eigenvalue weighted by atomic mass is 10.0. The fourth-order valence-corrected chi connectivity index (χ4v) is 4.07. The lowest BCUT2D eigenvalue weighted by molar-refractivity contribution is 0.416. The van der Waals surface area contributed by atoms with Crippen molar-refractivity contribution in [1.82, 2.24) is 14.5 Å². The van der Waals surface area contributed by atoms with Gasteiger partial charge in [-0.05, 0) is 36.3 Å². The van der Waals surface area contributed by atoms with E-state index in [1.54, 1.807) is 0 Å². The van der Waals surface area contributed by atoms with E-state index < -0.39 is 0 Å². The van der Waals surface area contributed by atoms with Crippen molar-refractivity contribution in [3.8, 4) is 0 Å². The van der Waals surface area contributed by atoms with E-state index in [2.05, 4.69) is 32.4 Å². The van der Waals surface area contributed by atoms with E-state index in [0.29, 0.717) is 5.88 Å². The molecule has 1 aliphatic rings. The minimum absolute atomic E-state index is 0.622. The largest absolute Gasteiger partial charge is 0.328 e. The van der Waals surface area contributed by atoms with E-state index in [9.17, 15) is 0 Å². The molecule has 3 rings (SSSR count). The molecule has 3 nitrogen and oxygen atoms in total. The van der Waals surface area contributed by atoms with Crippen LogP contribution in [-0.4, -0.2) is 31.9 Å². The molecular weight excluding hydrogens is 278 g/mol. The molecule has 0 spiro atoms. The lowest BCUT2D eigenvalue weighted by Crippen LogP contribution is -2.18. The Morgan fingerprint density at radius 2 is 2.21 bits per heavy atom. The van der Waals surface area contributed by atoms with Crippen LogP contribution in [0, 0.1) is 5.92 Å². The van der Waals surface area contributed by atoms with Crippen LogP contribution in [-0.2, 0) is 13.0 Å². The summed E-state index contributed by atoms with van der Waals surface area (Å²) in [4.78, 5) is 8.84. The Morgan fingerprint density at radius 1 is 1.37 bits per heavy atom. The van der Waals surface area contributed by atoms with Crippen LogP contribution in [0.1, 0.15) is 18.7 Å². The van der Waals surface area contributed by atoms with Crippen LogP contribution in [0.25, 0.3) is 11.0 Å². The average Bonchev–Trinajstić information content (AvgIpc) is 2.79. The maximum Gasteiger partial charge on any atom is 0.111 e. The second-order valence-corrected chi connectivity index (χ2v) is 6.60. The first-order valence-electron chi connectivity index (χ1n) is 6.81. The van der Waals surface area contributed by atoms with E-state index in [0.717, 1.165) is 30.2 Å². The second-order valence-electron chi connectivity index (χ2n) is 5.00. The Hall–Kier alpha value is -0.740. The first-order chi connectivity index (χ1) is 9.38. The molecule has 5 heteroatoms. The molecule has 0 unspecified atom stereocenters. The summed E-state index contributed by atoms with van der Waals surface area (Å²) >= 11 is 7.98. The Morgan fingerprint density at radius 3 is 3.00 bits per heavy atom. The summed E-state index contributed by atoms with van der Waals surface area (Å²) < 4.78 is 2.36. The molecule has 102 valence electrons. The van der Waals surface area contributed by atoms with Crippen molar-refractivity contribution in [2.45, 2.75) is 25.8 Å². The van der Waals surface area contributed by atoms with Gasteiger partial charge in [0.2, 0.25) is 0 Å². The van der Waals surface area contributed by atoms with E-state index in [-0.39, 0.29) is 0 Å². The zero-order valence-electron chi connectivity index (χ0n) is 10.9. The van der Waals surface area contributed by atoms with Crippen molar-refractivity contribution in [3.63, 3.8) is 0 Å². The van der Waals surface area contributed by atoms with E-state index in [1.807, 2.05) is 12.4 Å². The Kier molecular flexibility index (Phi) is 4.28. The maximum atomic E-state index is 5.91. The highest BCUT2D eigenvalue weighted by atomic mass is 35.5. The van der Waals surface area contributed by atoms with Crippen LogP contribution < -0.4 is 0 Å². The number of hydrogen-bond donors (Lipinski definition) is 0. The summed E-state index contributed by atoms with van der Waals surface area (Å²) in [6.45, 7) is 1.08. The number of aromatic nitrogens is 3. The van der Waals surface area contributed by atoms with Gasteiger partial charge in [-0.2, -0.15) is 11.8 Å². The molecule has 0 N–H and O–H groups in total. The Bertz CT molecular complexity index is 549. The Balaban J connectivity index is 1.92. The molecule has 2 aromatic rings. The quantitative estimate of drug-likeness (QED) is 0.811. The molecule has 2 aromatic heterocycles. The molecule has 0 aliphatic carbocycles. The summed E-state index contributed by atoms with van der Waals surface area (Å²) in [5, 5.41) is 0. The zero-order valence-corrected chi connectivity index (χ0v) is 12.5. The molecule has 0 bridgehead atoms. The molecule has 19 heavy (non-hydrogen) atoms. The van der Waals surface area contributed by atoms with Crippen LogP contribution in [0.15, 0.2) is 18.5 Å². The van der Waals surface area contributed by atoms with Gasteiger partial charge in [-0.15, -0.1) is 11.6 Å². The van der Waals surface area contributed by atoms with Crippen LogP contribution >= 0.6 is 23.4 Å². The third kappa shape index (κ3) is 2.90. The number of alkyl halides is 1. The molecular formula is C14H18ClN3S. The number of hydrogen-bond acceptors (Lipinski definition) is 3. The van der Waals surface area contributed by atoms with Gasteiger partial charge in [0.05, 0.1) is 11.7 Å². The van der Waals surface area contributed by atoms with Gasteiger partial charge >= 0.3 is 0 Å². The SMILES string of the molecule is ClCCc1nc2cnccc2n1CC1CCSCC1. The minimum atomic E-state index is 0.622. The van der Waals surface area contributed by atoms with Crippen LogP contribution in [0.3, 0.4) is 0 Å². The van der Waals surface area contributed by atoms with Gasteiger partial charge in [-0.1, -0.05) is 0 Å². The number of pyridine rings is 1. The maximum absolute atomic E-state index is 5.91. The van der Waals surface area contributed by atoms with Crippen molar-refractivity contribution in [2.75, 3.05) is 17.4 Å². The first-order valence-corrected chi connectivity index (χ1v) is 8.50. The molecule has 0 radical (unpaired) electrons. The first kappa shape index (κ1) is 13.3. The van der Waals surface area contributed by atoms with Crippen molar-refractivity contribution >= 4 is 34.4 Å². The van der Waals surface area contributed by atoms with Gasteiger partial charge in [-0.25, -0.2) is 4.98 Å². The third-order valence-electron chi connectivity index (χ3n) is 3.73. The van der Waals surface area contributed by atoms with E-state index in [4.69, 9.17) is 11.6 Å². The van der Waals surface area contributed by atoms with Gasteiger partial charge in [-0.3, -0.25) is 4.98 Å². The summed E-state index contributed by atoms with van der Waals surface area (Å²) in [6.07, 6.45) is 7.16. The number of thioether (sulfide) groups is 1. The van der Waals surface area contributed by atoms with Crippen molar-refractivity contribution < 1.29 is 0 Å². The summed E-state index contributed by atoms with van der Waals surface area (Å²) in [5.41, 5.74) is 2.20. The highest BCUT2D eigenvalue weighted by Gasteiger charge is 2.18. The molecule has 0 atom stereocenters. The van der Waals surface area contributed by atoms with Crippen molar-refractivity contribution in [3.05, 3.63) is 24.3 Å². The smallest absolute Gasteiger partial charge is 0.111 e. The van der Waals surface area contributed by atoms with Crippen molar-refractivity contribution in [1.29, 1.82) is 0 Å². The topological polar surface area (TPSA) is 30.7 Å². The molecule has 0 amide bonds. The normalized spacial score (nSPS) is 17.1. The predicted molar refractivity (Wildman–Crippen MR) is 82.0 cm³/mol. The minimum Gasteiger partial charge on any atom is -0.328 e. The monoisotopic (exact) mass is 295 g/mol. The fraction of sp³-hybridized carbons (Fsp3) is 0.571. The lowest BCUT2D eigenvalue weighted by Gasteiger charge is -2.23. The number of aryl methyl sites for hydroxylation is 1. The zero-order chi connectivity index (χ0) is 13.1. The highest BCUT2D eigenvalue weighted by molar-refractivity contribution is 7.99. The molecule has 0 saturated carbocycles. The van der Waals surface area contributed by atoms with Crippen LogP contribution in [0.2, 0.25) is 0 Å². The predicted octanol–water partition coefficient (Wildman–Crippen LogP) is 3.36. The van der Waals surface area contributed by atoms with E-state index >= 15 is 0 Å². The molecule has 1 aliphatic heterocycles. The number of halogens is 1. The number of imidazole rings is 1. The molecule has 1 fully saturated rings. The van der Waals surface area contributed by atoms with Gasteiger partial charge in [0.1, 0.15) is 11.3 Å². The van der Waals surface area contributed by atoms with Gasteiger partial charge in [0.15, 0.2) is 0 Å². The average molecular weight is 296 g/mol. The number of fused-ring (bicyclic) bond motifs is 1. The number of rotatable bonds is 4. The van der Waals surface area contributed by atoms with Gasteiger partial charge in [0.25, 0.3) is 0 Å². The third-order valence-corrected chi connectivity index (χ3v) is 4.97. The summed E-state index contributed by atoms with van der Waals surface area (Å²) in [5.74, 6) is 5.10. The highest BCUT2D eigenvalue weighted by Crippen LogP contribution is 2.26. The molecule has 3 heterocycles. The summed E-state index contributed by atoms with van der Waals surface area (Å²) in [7, 11) is 0. The van der Waals surface area contributed by atoms with Crippen LogP contribution in [0.4, 0.5) is 0 Å². The summed E-state index contributed by atoms with van der Waals surface area (Å²) in [6, 6.07) is 2.07. The standard InChI is InChI=1S/C14H18ClN3S/c15-5-1-14-17-12-9-16-6-2-13(12)18(14)10-11-3-7-19-8-4-11/h2,6,9,11H,1,3-5,7-8,10H2. The van der Waals surface area contributed by atoms with Gasteiger partial charge in [0, 0.05) is 25.0 Å². The molecule has 1 saturated heterocycles. The fourth-order valence-electron chi connectivity index (χ4n) is 2.70. The molecule has 0 aromatic carbocycles. The number of nitrogens with zero attached hydrogens (tertiary/aromatic N) is 3. The van der Waals surface area contributed by atoms with Crippen LogP contribution in [0.5, 0.6) is 0 Å². The van der Waals surface area contributed by atoms with Gasteiger partial charge < -0.3 is 4.57 Å². The second kappa shape index (κ2) is 6.14. The van der Waals surface area contributed by atoms with E-state index in [1.165, 1.54) is 29.9 Å². The van der Waals surface area contributed by atoms with Crippen molar-refractivity contribution in [2.24, 2.45) is 5.92 Å². The Labute approximate surface area is 122 Å².